The van der Waals surface area contributed by atoms with Crippen molar-refractivity contribution in [2.24, 2.45) is 0 Å². The van der Waals surface area contributed by atoms with Gasteiger partial charge in [-0.2, -0.15) is 5.10 Å². The number of aromatic nitrogens is 2. The van der Waals surface area contributed by atoms with Gasteiger partial charge in [0.2, 0.25) is 0 Å². The Morgan fingerprint density at radius 1 is 1.04 bits per heavy atom. The molecule has 3 aromatic rings. The number of rotatable bonds is 4. The SMILES string of the molecule is CN(C)c1ccc(C(=O)Nc2ccc(-n3cccn3)cc2)cc1. The number of hydrogen-bond acceptors (Lipinski definition) is 3. The average molecular weight is 306 g/mol. The van der Waals surface area contributed by atoms with Crippen LogP contribution in [0.3, 0.4) is 0 Å². The van der Waals surface area contributed by atoms with E-state index in [0.29, 0.717) is 5.56 Å². The highest BCUT2D eigenvalue weighted by atomic mass is 16.1. The second kappa shape index (κ2) is 6.36. The molecule has 2 aromatic carbocycles. The molecule has 0 unspecified atom stereocenters. The highest BCUT2D eigenvalue weighted by molar-refractivity contribution is 6.04. The predicted octanol–water partition coefficient (Wildman–Crippen LogP) is 3.19. The van der Waals surface area contributed by atoms with E-state index in [2.05, 4.69) is 10.4 Å². The molecule has 0 aliphatic rings. The first-order valence-corrected chi connectivity index (χ1v) is 7.32. The van der Waals surface area contributed by atoms with Gasteiger partial charge in [-0.3, -0.25) is 4.79 Å². The summed E-state index contributed by atoms with van der Waals surface area (Å²) in [6.07, 6.45) is 3.60. The van der Waals surface area contributed by atoms with Gasteiger partial charge in [-0.15, -0.1) is 0 Å². The van der Waals surface area contributed by atoms with E-state index in [-0.39, 0.29) is 5.91 Å². The highest BCUT2D eigenvalue weighted by Gasteiger charge is 2.07. The van der Waals surface area contributed by atoms with E-state index in [1.807, 2.05) is 79.8 Å². The van der Waals surface area contributed by atoms with Crippen LogP contribution < -0.4 is 10.2 Å². The summed E-state index contributed by atoms with van der Waals surface area (Å²) in [6.45, 7) is 0. The number of nitrogens with one attached hydrogen (secondary N) is 1. The monoisotopic (exact) mass is 306 g/mol. The summed E-state index contributed by atoms with van der Waals surface area (Å²) in [5, 5.41) is 7.07. The summed E-state index contributed by atoms with van der Waals surface area (Å²) >= 11 is 0. The lowest BCUT2D eigenvalue weighted by atomic mass is 10.2. The molecule has 5 nitrogen and oxygen atoms in total. The van der Waals surface area contributed by atoms with Crippen LogP contribution in [-0.4, -0.2) is 29.8 Å². The molecule has 0 bridgehead atoms. The van der Waals surface area contributed by atoms with E-state index in [1.165, 1.54) is 0 Å². The van der Waals surface area contributed by atoms with Crippen molar-refractivity contribution in [3.63, 3.8) is 0 Å². The van der Waals surface area contributed by atoms with Crippen LogP contribution in [-0.2, 0) is 0 Å². The molecule has 0 radical (unpaired) electrons. The van der Waals surface area contributed by atoms with Gasteiger partial charge >= 0.3 is 0 Å². The minimum Gasteiger partial charge on any atom is -0.378 e. The van der Waals surface area contributed by atoms with E-state index in [1.54, 1.807) is 10.9 Å². The molecule has 1 aromatic heterocycles. The highest BCUT2D eigenvalue weighted by Crippen LogP contribution is 2.16. The molecule has 0 saturated carbocycles. The number of carbonyl (C=O) groups is 1. The van der Waals surface area contributed by atoms with Crippen LogP contribution in [0.5, 0.6) is 0 Å². The van der Waals surface area contributed by atoms with E-state index >= 15 is 0 Å². The first kappa shape index (κ1) is 14.8. The summed E-state index contributed by atoms with van der Waals surface area (Å²) < 4.78 is 1.77. The number of carbonyl (C=O) groups excluding carboxylic acids is 1. The molecular weight excluding hydrogens is 288 g/mol. The lowest BCUT2D eigenvalue weighted by Crippen LogP contribution is -2.13. The Morgan fingerprint density at radius 3 is 2.30 bits per heavy atom. The van der Waals surface area contributed by atoms with Gasteiger partial charge in [-0.1, -0.05) is 0 Å². The second-order valence-corrected chi connectivity index (χ2v) is 5.39. The maximum absolute atomic E-state index is 12.3. The van der Waals surface area contributed by atoms with E-state index in [0.717, 1.165) is 17.1 Å². The number of benzene rings is 2. The Kier molecular flexibility index (Phi) is 4.10. The molecule has 0 aliphatic heterocycles. The van der Waals surface area contributed by atoms with Crippen LogP contribution in [0.15, 0.2) is 67.0 Å². The Balaban J connectivity index is 1.70. The normalized spacial score (nSPS) is 10.3. The average Bonchev–Trinajstić information content (AvgIpc) is 3.10. The van der Waals surface area contributed by atoms with Crippen molar-refractivity contribution in [2.45, 2.75) is 0 Å². The van der Waals surface area contributed by atoms with Crippen molar-refractivity contribution in [1.29, 1.82) is 0 Å². The smallest absolute Gasteiger partial charge is 0.255 e. The molecular formula is C18H18N4O. The largest absolute Gasteiger partial charge is 0.378 e. The molecule has 0 atom stereocenters. The molecule has 116 valence electrons. The van der Waals surface area contributed by atoms with Crippen LogP contribution >= 0.6 is 0 Å². The molecule has 0 spiro atoms. The molecule has 1 heterocycles. The van der Waals surface area contributed by atoms with Crippen LogP contribution in [0, 0.1) is 0 Å². The lowest BCUT2D eigenvalue weighted by molar-refractivity contribution is 0.102. The Bertz CT molecular complexity index is 775. The lowest BCUT2D eigenvalue weighted by Gasteiger charge is -2.12. The predicted molar refractivity (Wildman–Crippen MR) is 92.3 cm³/mol. The zero-order valence-corrected chi connectivity index (χ0v) is 13.1. The third-order valence-corrected chi connectivity index (χ3v) is 3.54. The molecule has 3 rings (SSSR count). The topological polar surface area (TPSA) is 50.2 Å². The van der Waals surface area contributed by atoms with E-state index in [4.69, 9.17) is 0 Å². The third-order valence-electron chi connectivity index (χ3n) is 3.54. The fourth-order valence-electron chi connectivity index (χ4n) is 2.23. The summed E-state index contributed by atoms with van der Waals surface area (Å²) in [5.74, 6) is -0.123. The van der Waals surface area contributed by atoms with Gasteiger partial charge in [0.25, 0.3) is 5.91 Å². The number of hydrogen-bond donors (Lipinski definition) is 1. The minimum absolute atomic E-state index is 0.123. The quantitative estimate of drug-likeness (QED) is 0.805. The van der Waals surface area contributed by atoms with Crippen LogP contribution in [0.4, 0.5) is 11.4 Å². The Morgan fingerprint density at radius 2 is 1.74 bits per heavy atom. The summed E-state index contributed by atoms with van der Waals surface area (Å²) in [6, 6.07) is 16.9. The first-order valence-electron chi connectivity index (χ1n) is 7.32. The number of nitrogens with zero attached hydrogens (tertiary/aromatic N) is 3. The summed E-state index contributed by atoms with van der Waals surface area (Å²) in [4.78, 5) is 14.3. The van der Waals surface area contributed by atoms with Gasteiger partial charge in [0.15, 0.2) is 0 Å². The van der Waals surface area contributed by atoms with E-state index < -0.39 is 0 Å². The van der Waals surface area contributed by atoms with Crippen molar-refractivity contribution in [1.82, 2.24) is 9.78 Å². The van der Waals surface area contributed by atoms with Gasteiger partial charge in [0.05, 0.1) is 5.69 Å². The van der Waals surface area contributed by atoms with Gasteiger partial charge in [-0.05, 0) is 54.6 Å². The van der Waals surface area contributed by atoms with Crippen LogP contribution in [0.2, 0.25) is 0 Å². The van der Waals surface area contributed by atoms with Crippen molar-refractivity contribution in [3.8, 4) is 5.69 Å². The van der Waals surface area contributed by atoms with Crippen molar-refractivity contribution in [3.05, 3.63) is 72.6 Å². The second-order valence-electron chi connectivity index (χ2n) is 5.39. The third kappa shape index (κ3) is 3.40. The Hall–Kier alpha value is -3.08. The van der Waals surface area contributed by atoms with E-state index in [9.17, 15) is 4.79 Å². The molecule has 0 aliphatic carbocycles. The van der Waals surface area contributed by atoms with Crippen molar-refractivity contribution < 1.29 is 4.79 Å². The molecule has 0 fully saturated rings. The summed E-state index contributed by atoms with van der Waals surface area (Å²) in [5.41, 5.74) is 3.39. The maximum Gasteiger partial charge on any atom is 0.255 e. The summed E-state index contributed by atoms with van der Waals surface area (Å²) in [7, 11) is 3.94. The van der Waals surface area contributed by atoms with Gasteiger partial charge in [-0.25, -0.2) is 4.68 Å². The Labute approximate surface area is 135 Å². The van der Waals surface area contributed by atoms with Crippen molar-refractivity contribution >= 4 is 17.3 Å². The fraction of sp³-hybridized carbons (Fsp3) is 0.111. The minimum atomic E-state index is -0.123. The number of anilines is 2. The zero-order chi connectivity index (χ0) is 16.2. The van der Waals surface area contributed by atoms with Crippen molar-refractivity contribution in [2.75, 3.05) is 24.3 Å². The van der Waals surface area contributed by atoms with Gasteiger partial charge in [0.1, 0.15) is 0 Å². The number of amides is 1. The molecule has 1 amide bonds. The standard InChI is InChI=1S/C18H18N4O/c1-21(2)16-8-4-14(5-9-16)18(23)20-15-6-10-17(11-7-15)22-13-3-12-19-22/h3-13H,1-2H3,(H,20,23). The molecule has 5 heteroatoms. The van der Waals surface area contributed by atoms with Gasteiger partial charge < -0.3 is 10.2 Å². The van der Waals surface area contributed by atoms with Crippen LogP contribution in [0.25, 0.3) is 5.69 Å². The maximum atomic E-state index is 12.3. The molecule has 1 N–H and O–H groups in total. The molecule has 23 heavy (non-hydrogen) atoms. The fourth-order valence-corrected chi connectivity index (χ4v) is 2.23. The van der Waals surface area contributed by atoms with Gasteiger partial charge in [0, 0.05) is 43.4 Å². The molecule has 0 saturated heterocycles. The first-order chi connectivity index (χ1) is 11.1. The zero-order valence-electron chi connectivity index (χ0n) is 13.1. The van der Waals surface area contributed by atoms with Crippen LogP contribution in [0.1, 0.15) is 10.4 Å².